The van der Waals surface area contributed by atoms with E-state index in [-0.39, 0.29) is 0 Å². The van der Waals surface area contributed by atoms with Crippen LogP contribution in [0.1, 0.15) is 0 Å². The van der Waals surface area contributed by atoms with Gasteiger partial charge < -0.3 is 28.6 Å². The smallest absolute Gasteiger partial charge is 0.119 e. The van der Waals surface area contributed by atoms with Gasteiger partial charge in [-0.15, -0.1) is 0 Å². The number of hydrogen-bond acceptors (Lipinski definition) is 6. The molecule has 0 fully saturated rings. The van der Waals surface area contributed by atoms with Crippen molar-refractivity contribution in [2.75, 3.05) is 80.1 Å². The second-order valence-electron chi connectivity index (χ2n) is 5.41. The maximum Gasteiger partial charge on any atom is 0.119 e. The average molecular weight is 341 g/mol. The number of hydrogen-bond donors (Lipinski definition) is 0. The normalized spacial score (nSPS) is 11.1. The summed E-state index contributed by atoms with van der Waals surface area (Å²) in [6, 6.07) is 9.71. The van der Waals surface area contributed by atoms with Gasteiger partial charge in [0.15, 0.2) is 0 Å². The quantitative estimate of drug-likeness (QED) is 0.427. The molecule has 24 heavy (non-hydrogen) atoms. The minimum atomic E-state index is 0.543. The highest BCUT2D eigenvalue weighted by molar-refractivity contribution is 5.20. The van der Waals surface area contributed by atoms with Crippen molar-refractivity contribution >= 4 is 0 Å². The summed E-state index contributed by atoms with van der Waals surface area (Å²) in [7, 11) is 4.05. The lowest BCUT2D eigenvalue weighted by molar-refractivity contribution is -0.00554. The van der Waals surface area contributed by atoms with Crippen LogP contribution in [-0.2, 0) is 18.9 Å². The Morgan fingerprint density at radius 1 is 0.625 bits per heavy atom. The van der Waals surface area contributed by atoms with Gasteiger partial charge in [-0.25, -0.2) is 0 Å². The molecule has 0 aliphatic carbocycles. The Labute approximate surface area is 145 Å². The van der Waals surface area contributed by atoms with E-state index in [2.05, 4.69) is 4.90 Å². The van der Waals surface area contributed by atoms with Gasteiger partial charge in [0.25, 0.3) is 0 Å². The van der Waals surface area contributed by atoms with Crippen molar-refractivity contribution in [1.82, 2.24) is 4.90 Å². The van der Waals surface area contributed by atoms with Crippen molar-refractivity contribution in [3.05, 3.63) is 30.3 Å². The Kier molecular flexibility index (Phi) is 13.3. The number of ether oxygens (including phenoxy) is 5. The highest BCUT2D eigenvalue weighted by atomic mass is 16.6. The Balaban J connectivity index is 1.72. The molecule has 6 nitrogen and oxygen atoms in total. The van der Waals surface area contributed by atoms with E-state index in [9.17, 15) is 0 Å². The molecule has 0 amide bonds. The number of rotatable bonds is 16. The average Bonchev–Trinajstić information content (AvgIpc) is 2.59. The van der Waals surface area contributed by atoms with E-state index in [4.69, 9.17) is 23.7 Å². The van der Waals surface area contributed by atoms with Crippen LogP contribution in [0.2, 0.25) is 0 Å². The molecule has 0 bridgehead atoms. The van der Waals surface area contributed by atoms with Crippen LogP contribution in [-0.4, -0.2) is 85.0 Å². The molecule has 1 rings (SSSR count). The molecule has 0 heterocycles. The molecule has 0 spiro atoms. The largest absolute Gasteiger partial charge is 0.491 e. The summed E-state index contributed by atoms with van der Waals surface area (Å²) in [5, 5.41) is 0. The van der Waals surface area contributed by atoms with Crippen LogP contribution in [0.5, 0.6) is 5.75 Å². The summed E-state index contributed by atoms with van der Waals surface area (Å²) in [6.45, 7) is 6.26. The van der Waals surface area contributed by atoms with E-state index >= 15 is 0 Å². The Morgan fingerprint density at radius 3 is 1.58 bits per heavy atom. The second kappa shape index (κ2) is 15.4. The molecule has 0 aliphatic heterocycles. The fourth-order valence-corrected chi connectivity index (χ4v) is 1.74. The molecule has 1 aromatic rings. The van der Waals surface area contributed by atoms with Crippen LogP contribution < -0.4 is 4.74 Å². The van der Waals surface area contributed by atoms with Gasteiger partial charge in [-0.05, 0) is 26.2 Å². The predicted molar refractivity (Wildman–Crippen MR) is 93.8 cm³/mol. The van der Waals surface area contributed by atoms with Gasteiger partial charge in [-0.2, -0.15) is 0 Å². The third kappa shape index (κ3) is 13.3. The first-order valence-corrected chi connectivity index (χ1v) is 8.42. The van der Waals surface area contributed by atoms with Gasteiger partial charge in [0, 0.05) is 6.54 Å². The number of benzene rings is 1. The zero-order chi connectivity index (χ0) is 17.3. The summed E-state index contributed by atoms with van der Waals surface area (Å²) in [5.41, 5.74) is 0. The minimum Gasteiger partial charge on any atom is -0.491 e. The molecule has 0 atom stereocenters. The first-order chi connectivity index (χ1) is 11.8. The zero-order valence-corrected chi connectivity index (χ0v) is 14.9. The van der Waals surface area contributed by atoms with Gasteiger partial charge in [0.05, 0.1) is 52.9 Å². The molecule has 0 aliphatic rings. The summed E-state index contributed by atoms with van der Waals surface area (Å²) in [4.78, 5) is 2.09. The number of nitrogens with zero attached hydrogens (tertiary/aromatic N) is 1. The summed E-state index contributed by atoms with van der Waals surface area (Å²) in [5.74, 6) is 0.861. The van der Waals surface area contributed by atoms with Crippen LogP contribution in [0.4, 0.5) is 0 Å². The monoisotopic (exact) mass is 341 g/mol. The van der Waals surface area contributed by atoms with Crippen molar-refractivity contribution < 1.29 is 23.7 Å². The van der Waals surface area contributed by atoms with E-state index in [1.54, 1.807) is 0 Å². The van der Waals surface area contributed by atoms with Crippen molar-refractivity contribution in [3.8, 4) is 5.75 Å². The molecule has 0 saturated carbocycles. The third-order valence-corrected chi connectivity index (χ3v) is 3.04. The lowest BCUT2D eigenvalue weighted by atomic mass is 10.3. The molecular formula is C18H31NO5. The SMILES string of the molecule is CN(C)CCOCCOCCOCCOCCOc1ccccc1. The lowest BCUT2D eigenvalue weighted by Gasteiger charge is -2.10. The van der Waals surface area contributed by atoms with Crippen molar-refractivity contribution in [3.63, 3.8) is 0 Å². The highest BCUT2D eigenvalue weighted by Crippen LogP contribution is 2.07. The third-order valence-electron chi connectivity index (χ3n) is 3.04. The van der Waals surface area contributed by atoms with Gasteiger partial charge in [0.2, 0.25) is 0 Å². The molecule has 0 unspecified atom stereocenters. The van der Waals surface area contributed by atoms with Crippen molar-refractivity contribution in [2.45, 2.75) is 0 Å². The van der Waals surface area contributed by atoms with Crippen LogP contribution in [0.3, 0.4) is 0 Å². The maximum atomic E-state index is 5.52. The highest BCUT2D eigenvalue weighted by Gasteiger charge is 1.95. The summed E-state index contributed by atoms with van der Waals surface area (Å²) < 4.78 is 27.2. The standard InChI is InChI=1S/C18H31NO5/c1-19(2)8-9-20-10-11-21-12-13-22-14-15-23-16-17-24-18-6-4-3-5-7-18/h3-7H,8-17H2,1-2H3. The van der Waals surface area contributed by atoms with E-state index in [1.165, 1.54) is 0 Å². The Bertz CT molecular complexity index is 375. The van der Waals surface area contributed by atoms with Crippen molar-refractivity contribution in [2.24, 2.45) is 0 Å². The van der Waals surface area contributed by atoms with Crippen LogP contribution >= 0.6 is 0 Å². The van der Waals surface area contributed by atoms with Crippen molar-refractivity contribution in [1.29, 1.82) is 0 Å². The topological polar surface area (TPSA) is 49.4 Å². The molecule has 1 aromatic carbocycles. The lowest BCUT2D eigenvalue weighted by Crippen LogP contribution is -2.19. The fourth-order valence-electron chi connectivity index (χ4n) is 1.74. The Hall–Kier alpha value is -1.18. The molecule has 0 aromatic heterocycles. The van der Waals surface area contributed by atoms with Crippen LogP contribution in [0, 0.1) is 0 Å². The Morgan fingerprint density at radius 2 is 1.08 bits per heavy atom. The first kappa shape index (κ1) is 20.9. The number of para-hydroxylation sites is 1. The second-order valence-corrected chi connectivity index (χ2v) is 5.41. The minimum absolute atomic E-state index is 0.543. The fraction of sp³-hybridized carbons (Fsp3) is 0.667. The molecule has 138 valence electrons. The summed E-state index contributed by atoms with van der Waals surface area (Å²) in [6.07, 6.45) is 0. The van der Waals surface area contributed by atoms with E-state index < -0.39 is 0 Å². The molecule has 0 saturated heterocycles. The van der Waals surface area contributed by atoms with Crippen LogP contribution in [0.25, 0.3) is 0 Å². The van der Waals surface area contributed by atoms with Gasteiger partial charge >= 0.3 is 0 Å². The van der Waals surface area contributed by atoms with E-state index in [0.717, 1.165) is 18.9 Å². The molecule has 0 N–H and O–H groups in total. The van der Waals surface area contributed by atoms with Gasteiger partial charge in [-0.3, -0.25) is 0 Å². The molecular weight excluding hydrogens is 310 g/mol. The number of likely N-dealkylation sites (N-methyl/N-ethyl adjacent to an activating group) is 1. The van der Waals surface area contributed by atoms with Gasteiger partial charge in [0.1, 0.15) is 12.4 Å². The first-order valence-electron chi connectivity index (χ1n) is 8.42. The predicted octanol–water partition coefficient (Wildman–Crippen LogP) is 1.69. The zero-order valence-electron chi connectivity index (χ0n) is 14.9. The van der Waals surface area contributed by atoms with E-state index in [1.807, 2.05) is 44.4 Å². The molecule has 0 radical (unpaired) electrons. The maximum absolute atomic E-state index is 5.52. The van der Waals surface area contributed by atoms with Gasteiger partial charge in [-0.1, -0.05) is 18.2 Å². The van der Waals surface area contributed by atoms with Crippen LogP contribution in [0.15, 0.2) is 30.3 Å². The van der Waals surface area contributed by atoms with E-state index in [0.29, 0.717) is 52.9 Å². The molecule has 6 heteroatoms. The summed E-state index contributed by atoms with van der Waals surface area (Å²) >= 11 is 0.